The molecule has 0 atom stereocenters. The Hall–Kier alpha value is -2.04. The van der Waals surface area contributed by atoms with Crippen molar-refractivity contribution < 1.29 is 13.2 Å². The molecule has 0 aliphatic heterocycles. The monoisotopic (exact) mass is 239 g/mol. The summed E-state index contributed by atoms with van der Waals surface area (Å²) in [6.45, 7) is 0. The van der Waals surface area contributed by atoms with Gasteiger partial charge >= 0.3 is 6.18 Å². The number of halogens is 3. The van der Waals surface area contributed by atoms with E-state index in [-0.39, 0.29) is 5.56 Å². The van der Waals surface area contributed by atoms with Crippen LogP contribution in [0.3, 0.4) is 0 Å². The SMILES string of the molecule is O=c1cc(-c2cccc(C(F)(F)F)c2)cc[nH]1. The largest absolute Gasteiger partial charge is 0.416 e. The van der Waals surface area contributed by atoms with E-state index in [1.807, 2.05) is 0 Å². The van der Waals surface area contributed by atoms with Gasteiger partial charge in [-0.1, -0.05) is 12.1 Å². The highest BCUT2D eigenvalue weighted by atomic mass is 19.4. The van der Waals surface area contributed by atoms with Gasteiger partial charge in [-0.05, 0) is 29.3 Å². The van der Waals surface area contributed by atoms with Crippen molar-refractivity contribution in [1.82, 2.24) is 4.98 Å². The average molecular weight is 239 g/mol. The lowest BCUT2D eigenvalue weighted by molar-refractivity contribution is -0.137. The zero-order valence-corrected chi connectivity index (χ0v) is 8.58. The van der Waals surface area contributed by atoms with Crippen molar-refractivity contribution in [3.63, 3.8) is 0 Å². The number of benzene rings is 1. The van der Waals surface area contributed by atoms with Crippen LogP contribution in [0.4, 0.5) is 13.2 Å². The molecule has 0 aliphatic rings. The first kappa shape index (κ1) is 11.4. The number of aromatic nitrogens is 1. The Morgan fingerprint density at radius 1 is 1.00 bits per heavy atom. The normalized spacial score (nSPS) is 11.5. The maximum Gasteiger partial charge on any atom is 0.416 e. The second kappa shape index (κ2) is 4.08. The molecule has 0 saturated carbocycles. The highest BCUT2D eigenvalue weighted by Crippen LogP contribution is 2.31. The van der Waals surface area contributed by atoms with E-state index >= 15 is 0 Å². The lowest BCUT2D eigenvalue weighted by Crippen LogP contribution is -2.05. The van der Waals surface area contributed by atoms with Crippen LogP contribution in [0.15, 0.2) is 47.4 Å². The Bertz CT molecular complexity index is 587. The van der Waals surface area contributed by atoms with E-state index in [4.69, 9.17) is 0 Å². The topological polar surface area (TPSA) is 32.9 Å². The Morgan fingerprint density at radius 3 is 2.35 bits per heavy atom. The summed E-state index contributed by atoms with van der Waals surface area (Å²) in [6.07, 6.45) is -2.98. The summed E-state index contributed by atoms with van der Waals surface area (Å²) in [5.74, 6) is 0. The van der Waals surface area contributed by atoms with Crippen molar-refractivity contribution in [3.05, 3.63) is 58.5 Å². The second-order valence-corrected chi connectivity index (χ2v) is 3.52. The van der Waals surface area contributed by atoms with Crippen molar-refractivity contribution >= 4 is 0 Å². The average Bonchev–Trinajstić information content (AvgIpc) is 2.28. The van der Waals surface area contributed by atoms with Gasteiger partial charge in [-0.15, -0.1) is 0 Å². The van der Waals surface area contributed by atoms with Gasteiger partial charge in [0.1, 0.15) is 0 Å². The standard InChI is InChI=1S/C12H8F3NO/c13-12(14,15)10-3-1-2-8(6-10)9-4-5-16-11(17)7-9/h1-7H,(H,16,17). The van der Waals surface area contributed by atoms with E-state index in [1.165, 1.54) is 24.4 Å². The Balaban J connectivity index is 2.51. The predicted molar refractivity (Wildman–Crippen MR) is 57.5 cm³/mol. The molecule has 0 unspecified atom stereocenters. The molecule has 88 valence electrons. The number of hydrogen-bond donors (Lipinski definition) is 1. The zero-order valence-electron chi connectivity index (χ0n) is 8.58. The maximum absolute atomic E-state index is 12.5. The molecule has 0 amide bonds. The first-order valence-corrected chi connectivity index (χ1v) is 4.83. The highest BCUT2D eigenvalue weighted by Gasteiger charge is 2.30. The van der Waals surface area contributed by atoms with Gasteiger partial charge in [-0.25, -0.2) is 0 Å². The molecule has 1 N–H and O–H groups in total. The van der Waals surface area contributed by atoms with Crippen LogP contribution >= 0.6 is 0 Å². The molecule has 0 spiro atoms. The molecule has 1 aromatic heterocycles. The third-order valence-corrected chi connectivity index (χ3v) is 2.30. The van der Waals surface area contributed by atoms with Crippen LogP contribution in [-0.4, -0.2) is 4.98 Å². The molecule has 5 heteroatoms. The number of pyridine rings is 1. The molecule has 0 bridgehead atoms. The van der Waals surface area contributed by atoms with Crippen LogP contribution < -0.4 is 5.56 Å². The molecule has 0 saturated heterocycles. The Labute approximate surface area is 94.7 Å². The molecule has 2 nitrogen and oxygen atoms in total. The van der Waals surface area contributed by atoms with Crippen molar-refractivity contribution in [1.29, 1.82) is 0 Å². The van der Waals surface area contributed by atoms with Gasteiger partial charge in [0.15, 0.2) is 0 Å². The predicted octanol–water partition coefficient (Wildman–Crippen LogP) is 3.06. The summed E-state index contributed by atoms with van der Waals surface area (Å²) in [5, 5.41) is 0. The van der Waals surface area contributed by atoms with E-state index in [0.29, 0.717) is 11.1 Å². The number of aromatic amines is 1. The molecule has 1 heterocycles. The summed E-state index contributed by atoms with van der Waals surface area (Å²) < 4.78 is 37.5. The van der Waals surface area contributed by atoms with E-state index in [1.54, 1.807) is 6.07 Å². The molecular formula is C12H8F3NO. The summed E-state index contributed by atoms with van der Waals surface area (Å²) in [5.41, 5.74) is -0.249. The smallest absolute Gasteiger partial charge is 0.329 e. The van der Waals surface area contributed by atoms with E-state index in [2.05, 4.69) is 4.98 Å². The number of hydrogen-bond acceptors (Lipinski definition) is 1. The Kier molecular flexibility index (Phi) is 2.75. The van der Waals surface area contributed by atoms with Crippen molar-refractivity contribution in [2.45, 2.75) is 6.18 Å². The fourth-order valence-electron chi connectivity index (χ4n) is 1.50. The van der Waals surface area contributed by atoms with Gasteiger partial charge in [0.25, 0.3) is 0 Å². The minimum atomic E-state index is -4.38. The summed E-state index contributed by atoms with van der Waals surface area (Å²) in [6, 6.07) is 7.68. The number of alkyl halides is 3. The molecular weight excluding hydrogens is 231 g/mol. The van der Waals surface area contributed by atoms with Crippen molar-refractivity contribution in [3.8, 4) is 11.1 Å². The minimum Gasteiger partial charge on any atom is -0.329 e. The van der Waals surface area contributed by atoms with Gasteiger partial charge < -0.3 is 4.98 Å². The van der Waals surface area contributed by atoms with Crippen LogP contribution in [-0.2, 0) is 6.18 Å². The van der Waals surface area contributed by atoms with E-state index in [0.717, 1.165) is 12.1 Å². The highest BCUT2D eigenvalue weighted by molar-refractivity contribution is 5.63. The molecule has 2 rings (SSSR count). The summed E-state index contributed by atoms with van der Waals surface area (Å²) >= 11 is 0. The lowest BCUT2D eigenvalue weighted by Gasteiger charge is -2.08. The van der Waals surface area contributed by atoms with Gasteiger partial charge in [0.2, 0.25) is 5.56 Å². The number of rotatable bonds is 1. The molecule has 0 radical (unpaired) electrons. The lowest BCUT2D eigenvalue weighted by atomic mass is 10.0. The van der Waals surface area contributed by atoms with Gasteiger partial charge in [-0.3, -0.25) is 4.79 Å². The third-order valence-electron chi connectivity index (χ3n) is 2.30. The van der Waals surface area contributed by atoms with Crippen LogP contribution in [0.2, 0.25) is 0 Å². The molecule has 2 aromatic rings. The third kappa shape index (κ3) is 2.55. The number of H-pyrrole nitrogens is 1. The van der Waals surface area contributed by atoms with Crippen LogP contribution in [0.5, 0.6) is 0 Å². The fraction of sp³-hybridized carbons (Fsp3) is 0.0833. The fourth-order valence-corrected chi connectivity index (χ4v) is 1.50. The van der Waals surface area contributed by atoms with Crippen molar-refractivity contribution in [2.24, 2.45) is 0 Å². The summed E-state index contributed by atoms with van der Waals surface area (Å²) in [4.78, 5) is 13.5. The van der Waals surface area contributed by atoms with Crippen LogP contribution in [0.1, 0.15) is 5.56 Å². The van der Waals surface area contributed by atoms with Gasteiger partial charge in [-0.2, -0.15) is 13.2 Å². The zero-order chi connectivity index (χ0) is 12.5. The minimum absolute atomic E-state index is 0.347. The molecule has 0 aliphatic carbocycles. The van der Waals surface area contributed by atoms with E-state index in [9.17, 15) is 18.0 Å². The van der Waals surface area contributed by atoms with Gasteiger partial charge in [0.05, 0.1) is 5.56 Å². The Morgan fingerprint density at radius 2 is 1.71 bits per heavy atom. The van der Waals surface area contributed by atoms with Crippen molar-refractivity contribution in [2.75, 3.05) is 0 Å². The second-order valence-electron chi connectivity index (χ2n) is 3.52. The molecule has 0 fully saturated rings. The molecule has 1 aromatic carbocycles. The van der Waals surface area contributed by atoms with E-state index < -0.39 is 11.7 Å². The first-order chi connectivity index (χ1) is 7.97. The quantitative estimate of drug-likeness (QED) is 0.815. The molecule has 17 heavy (non-hydrogen) atoms. The maximum atomic E-state index is 12.5. The van der Waals surface area contributed by atoms with Crippen LogP contribution in [0.25, 0.3) is 11.1 Å². The van der Waals surface area contributed by atoms with Crippen LogP contribution in [0, 0.1) is 0 Å². The van der Waals surface area contributed by atoms with Gasteiger partial charge in [0, 0.05) is 12.3 Å². The number of nitrogens with one attached hydrogen (secondary N) is 1. The summed E-state index contributed by atoms with van der Waals surface area (Å²) in [7, 11) is 0. The first-order valence-electron chi connectivity index (χ1n) is 4.83.